The Morgan fingerprint density at radius 2 is 1.79 bits per heavy atom. The predicted octanol–water partition coefficient (Wildman–Crippen LogP) is 3.85. The van der Waals surface area contributed by atoms with Crippen LogP contribution in [0.3, 0.4) is 0 Å². The van der Waals surface area contributed by atoms with Crippen LogP contribution in [0.2, 0.25) is 0 Å². The smallest absolute Gasteiger partial charge is 0.360 e. The van der Waals surface area contributed by atoms with Crippen molar-refractivity contribution in [3.8, 4) is 11.3 Å². The van der Waals surface area contributed by atoms with E-state index in [1.54, 1.807) is 18.3 Å². The Bertz CT molecular complexity index is 964. The van der Waals surface area contributed by atoms with Gasteiger partial charge in [-0.15, -0.1) is 22.6 Å². The van der Waals surface area contributed by atoms with E-state index in [1.807, 2.05) is 0 Å². The molecule has 0 aliphatic carbocycles. The highest BCUT2D eigenvalue weighted by Gasteiger charge is 2.30. The van der Waals surface area contributed by atoms with Gasteiger partial charge in [0.05, 0.1) is 11.6 Å². The van der Waals surface area contributed by atoms with E-state index in [9.17, 15) is 17.6 Å². The highest BCUT2D eigenvalue weighted by molar-refractivity contribution is 5.97. The van der Waals surface area contributed by atoms with Crippen molar-refractivity contribution in [2.24, 2.45) is 0 Å². The van der Waals surface area contributed by atoms with E-state index in [4.69, 9.17) is 0 Å². The van der Waals surface area contributed by atoms with Gasteiger partial charge in [0.15, 0.2) is 5.82 Å². The summed E-state index contributed by atoms with van der Waals surface area (Å²) < 4.78 is 52.2. The third-order valence-electron chi connectivity index (χ3n) is 4.49. The van der Waals surface area contributed by atoms with E-state index in [2.05, 4.69) is 25.8 Å². The molecule has 28 heavy (non-hydrogen) atoms. The van der Waals surface area contributed by atoms with Gasteiger partial charge >= 0.3 is 6.18 Å². The van der Waals surface area contributed by atoms with E-state index in [0.29, 0.717) is 34.5 Å². The summed E-state index contributed by atoms with van der Waals surface area (Å²) in [5, 5.41) is 14.9. The SMILES string of the molecule is Cl.F[C@@H]1CNC[C@H]1Nc1nnc(-c2ccc(C(F)(F)F)cc2)c2cccnc12. The largest absolute Gasteiger partial charge is 0.416 e. The summed E-state index contributed by atoms with van der Waals surface area (Å²) in [5.74, 6) is 0.345. The number of hydrogen-bond donors (Lipinski definition) is 2. The lowest BCUT2D eigenvalue weighted by molar-refractivity contribution is -0.137. The molecule has 0 unspecified atom stereocenters. The Balaban J connectivity index is 0.00000225. The zero-order valence-corrected chi connectivity index (χ0v) is 15.2. The second-order valence-corrected chi connectivity index (χ2v) is 6.30. The molecule has 0 bridgehead atoms. The molecule has 0 saturated carbocycles. The molecular formula is C18H16ClF4N5. The van der Waals surface area contributed by atoms with Crippen molar-refractivity contribution in [3.63, 3.8) is 0 Å². The summed E-state index contributed by atoms with van der Waals surface area (Å²) in [4.78, 5) is 4.30. The van der Waals surface area contributed by atoms with Crippen molar-refractivity contribution in [2.45, 2.75) is 18.4 Å². The van der Waals surface area contributed by atoms with Gasteiger partial charge in [0, 0.05) is 30.2 Å². The van der Waals surface area contributed by atoms with Gasteiger partial charge in [-0.3, -0.25) is 4.98 Å². The van der Waals surface area contributed by atoms with Gasteiger partial charge in [-0.25, -0.2) is 4.39 Å². The second-order valence-electron chi connectivity index (χ2n) is 6.30. The number of alkyl halides is 4. The molecule has 148 valence electrons. The fraction of sp³-hybridized carbons (Fsp3) is 0.278. The Labute approximate surface area is 164 Å². The molecule has 0 amide bonds. The Morgan fingerprint density at radius 1 is 1.04 bits per heavy atom. The van der Waals surface area contributed by atoms with E-state index in [1.165, 1.54) is 12.1 Å². The van der Waals surface area contributed by atoms with E-state index in [-0.39, 0.29) is 19.0 Å². The first-order valence-electron chi connectivity index (χ1n) is 8.34. The highest BCUT2D eigenvalue weighted by Crippen LogP contribution is 2.33. The van der Waals surface area contributed by atoms with Crippen LogP contribution in [0, 0.1) is 0 Å². The molecule has 1 saturated heterocycles. The molecule has 1 aliphatic heterocycles. The van der Waals surface area contributed by atoms with Gasteiger partial charge in [0.25, 0.3) is 0 Å². The third kappa shape index (κ3) is 3.85. The molecule has 0 radical (unpaired) electrons. The van der Waals surface area contributed by atoms with Gasteiger partial charge in [0.1, 0.15) is 17.4 Å². The van der Waals surface area contributed by atoms with Crippen LogP contribution in [0.15, 0.2) is 42.6 Å². The number of rotatable bonds is 3. The summed E-state index contributed by atoms with van der Waals surface area (Å²) in [7, 11) is 0. The minimum atomic E-state index is -4.40. The molecule has 5 nitrogen and oxygen atoms in total. The topological polar surface area (TPSA) is 62.7 Å². The van der Waals surface area contributed by atoms with E-state index in [0.717, 1.165) is 12.1 Å². The first-order valence-corrected chi connectivity index (χ1v) is 8.34. The number of pyridine rings is 1. The molecule has 10 heteroatoms. The normalized spacial score (nSPS) is 19.4. The van der Waals surface area contributed by atoms with Crippen molar-refractivity contribution < 1.29 is 17.6 Å². The van der Waals surface area contributed by atoms with Crippen LogP contribution in [0.4, 0.5) is 23.4 Å². The van der Waals surface area contributed by atoms with Crippen molar-refractivity contribution in [1.82, 2.24) is 20.5 Å². The summed E-state index contributed by atoms with van der Waals surface area (Å²) >= 11 is 0. The van der Waals surface area contributed by atoms with Gasteiger partial charge in [-0.05, 0) is 24.3 Å². The molecule has 3 heterocycles. The molecule has 1 fully saturated rings. The number of nitrogens with one attached hydrogen (secondary N) is 2. The predicted molar refractivity (Wildman–Crippen MR) is 100 cm³/mol. The molecule has 2 aromatic heterocycles. The number of benzene rings is 1. The number of nitrogens with zero attached hydrogens (tertiary/aromatic N) is 3. The first kappa shape index (κ1) is 20.2. The van der Waals surface area contributed by atoms with Gasteiger partial charge in [-0.1, -0.05) is 12.1 Å². The number of hydrogen-bond acceptors (Lipinski definition) is 5. The van der Waals surface area contributed by atoms with Crippen LogP contribution >= 0.6 is 12.4 Å². The monoisotopic (exact) mass is 413 g/mol. The lowest BCUT2D eigenvalue weighted by atomic mass is 10.0. The minimum Gasteiger partial charge on any atom is -0.360 e. The summed E-state index contributed by atoms with van der Waals surface area (Å²) in [6.07, 6.45) is -3.88. The zero-order valence-electron chi connectivity index (χ0n) is 14.4. The lowest BCUT2D eigenvalue weighted by Gasteiger charge is -2.16. The van der Waals surface area contributed by atoms with Gasteiger partial charge in [0.2, 0.25) is 0 Å². The Kier molecular flexibility index (Phi) is 5.66. The lowest BCUT2D eigenvalue weighted by Crippen LogP contribution is -2.30. The fourth-order valence-electron chi connectivity index (χ4n) is 3.08. The average Bonchev–Trinajstić information content (AvgIpc) is 3.06. The zero-order chi connectivity index (χ0) is 19.0. The molecular weight excluding hydrogens is 398 g/mol. The van der Waals surface area contributed by atoms with Crippen LogP contribution < -0.4 is 10.6 Å². The standard InChI is InChI=1S/C18H15F4N5.ClH/c19-13-8-23-9-14(13)25-17-16-12(2-1-7-24-16)15(26-27-17)10-3-5-11(6-4-10)18(20,21)22;/h1-7,13-14,23H,8-9H2,(H,25,27);1H/t13-,14-;/m1./s1. The maximum absolute atomic E-state index is 13.9. The van der Waals surface area contributed by atoms with E-state index >= 15 is 0 Å². The Hall–Kier alpha value is -2.52. The molecule has 2 atom stereocenters. The molecule has 3 aromatic rings. The van der Waals surface area contributed by atoms with Crippen LogP contribution in [-0.4, -0.2) is 40.5 Å². The van der Waals surface area contributed by atoms with Crippen molar-refractivity contribution in [1.29, 1.82) is 0 Å². The number of aromatic nitrogens is 3. The highest BCUT2D eigenvalue weighted by atomic mass is 35.5. The van der Waals surface area contributed by atoms with Crippen LogP contribution in [0.1, 0.15) is 5.56 Å². The quantitative estimate of drug-likeness (QED) is 0.638. The van der Waals surface area contributed by atoms with Crippen molar-refractivity contribution >= 4 is 29.1 Å². The van der Waals surface area contributed by atoms with Crippen LogP contribution in [0.5, 0.6) is 0 Å². The second kappa shape index (κ2) is 7.84. The molecule has 4 rings (SSSR count). The van der Waals surface area contributed by atoms with E-state index < -0.39 is 24.0 Å². The molecule has 0 spiro atoms. The average molecular weight is 414 g/mol. The first-order chi connectivity index (χ1) is 12.9. The summed E-state index contributed by atoms with van der Waals surface area (Å²) in [6.45, 7) is 0.720. The van der Waals surface area contributed by atoms with Gasteiger partial charge < -0.3 is 10.6 Å². The molecule has 2 N–H and O–H groups in total. The maximum atomic E-state index is 13.9. The molecule has 1 aromatic carbocycles. The summed E-state index contributed by atoms with van der Waals surface area (Å²) in [5.41, 5.74) is 0.661. The third-order valence-corrected chi connectivity index (χ3v) is 4.49. The number of fused-ring (bicyclic) bond motifs is 1. The Morgan fingerprint density at radius 3 is 2.43 bits per heavy atom. The van der Waals surface area contributed by atoms with Crippen molar-refractivity contribution in [3.05, 3.63) is 48.2 Å². The molecule has 1 aliphatic rings. The minimum absolute atomic E-state index is 0. The summed E-state index contributed by atoms with van der Waals surface area (Å²) in [6, 6.07) is 7.73. The van der Waals surface area contributed by atoms with Gasteiger partial charge in [-0.2, -0.15) is 13.2 Å². The number of anilines is 1. The fourth-order valence-corrected chi connectivity index (χ4v) is 3.08. The van der Waals surface area contributed by atoms with Crippen molar-refractivity contribution in [2.75, 3.05) is 18.4 Å². The number of halogens is 5. The van der Waals surface area contributed by atoms with Crippen LogP contribution in [0.25, 0.3) is 22.2 Å². The maximum Gasteiger partial charge on any atom is 0.416 e. The van der Waals surface area contributed by atoms with Crippen LogP contribution in [-0.2, 0) is 6.18 Å².